The van der Waals surface area contributed by atoms with E-state index >= 15 is 0 Å². The molecule has 3 N–H and O–H groups in total. The second kappa shape index (κ2) is 18.7. The number of aliphatic carboxylic acids is 1. The lowest BCUT2D eigenvalue weighted by Gasteiger charge is -2.15. The molecule has 0 heterocycles. The van der Waals surface area contributed by atoms with Crippen molar-refractivity contribution >= 4 is 5.97 Å². The monoisotopic (exact) mass is 348 g/mol. The molecule has 0 aliphatic carbocycles. The van der Waals surface area contributed by atoms with Crippen LogP contribution in [0.5, 0.6) is 0 Å². The Bertz CT molecular complexity index is 270. The highest BCUT2D eigenvalue weighted by molar-refractivity contribution is 5.69. The maximum atomic E-state index is 10.4. The van der Waals surface area contributed by atoms with Crippen LogP contribution in [0.2, 0.25) is 0 Å². The third-order valence-electron chi connectivity index (χ3n) is 4.17. The van der Waals surface area contributed by atoms with Crippen molar-refractivity contribution in [2.24, 2.45) is 11.8 Å². The van der Waals surface area contributed by atoms with E-state index in [9.17, 15) is 4.79 Å². The van der Waals surface area contributed by atoms with Gasteiger partial charge >= 0.3 is 5.97 Å². The van der Waals surface area contributed by atoms with Crippen LogP contribution in [-0.2, 0) is 9.53 Å². The number of aliphatic hydroxyl groups is 2. The van der Waals surface area contributed by atoms with Crippen molar-refractivity contribution in [2.45, 2.75) is 85.2 Å². The van der Waals surface area contributed by atoms with Crippen molar-refractivity contribution in [1.82, 2.24) is 0 Å². The van der Waals surface area contributed by atoms with Crippen molar-refractivity contribution in [3.63, 3.8) is 0 Å². The van der Waals surface area contributed by atoms with Gasteiger partial charge in [0.15, 0.2) is 0 Å². The van der Waals surface area contributed by atoms with Crippen LogP contribution in [0, 0.1) is 11.8 Å². The topological polar surface area (TPSA) is 87.0 Å². The first-order chi connectivity index (χ1) is 11.5. The molecular weight excluding hydrogens is 308 g/mol. The predicted molar refractivity (Wildman–Crippen MR) is 98.2 cm³/mol. The Morgan fingerprint density at radius 1 is 0.958 bits per heavy atom. The quantitative estimate of drug-likeness (QED) is 0.444. The first kappa shape index (κ1) is 25.6. The molecule has 0 aromatic carbocycles. The number of hydrogen-bond donors (Lipinski definition) is 3. The summed E-state index contributed by atoms with van der Waals surface area (Å²) in [6.07, 6.45) is 7.77. The van der Waals surface area contributed by atoms with Crippen molar-refractivity contribution in [2.75, 3.05) is 19.8 Å². The fraction of sp³-hybridized carbons (Fsp3) is 0.947. The van der Waals surface area contributed by atoms with Gasteiger partial charge in [0.25, 0.3) is 0 Å². The molecule has 0 bridgehead atoms. The number of carboxylic acid groups (broad SMARTS) is 1. The summed E-state index contributed by atoms with van der Waals surface area (Å²) in [6.45, 7) is 9.08. The van der Waals surface area contributed by atoms with Crippen molar-refractivity contribution in [1.29, 1.82) is 0 Å². The zero-order chi connectivity index (χ0) is 18.8. The van der Waals surface area contributed by atoms with Crippen LogP contribution in [0.3, 0.4) is 0 Å². The largest absolute Gasteiger partial charge is 0.481 e. The summed E-state index contributed by atoms with van der Waals surface area (Å²) in [7, 11) is 0. The SMILES string of the molecule is CCCCC(CC)C(=O)O.CCCCC(CC)COCC(O)CO. The number of aliphatic hydroxyl groups excluding tert-OH is 2. The molecule has 0 saturated heterocycles. The summed E-state index contributed by atoms with van der Waals surface area (Å²) in [5, 5.41) is 26.2. The Labute approximate surface area is 148 Å². The van der Waals surface area contributed by atoms with E-state index in [1.165, 1.54) is 19.3 Å². The number of ether oxygens (including phenoxy) is 1. The zero-order valence-corrected chi connectivity index (χ0v) is 16.2. The summed E-state index contributed by atoms with van der Waals surface area (Å²) < 4.78 is 5.33. The minimum absolute atomic E-state index is 0.111. The summed E-state index contributed by atoms with van der Waals surface area (Å²) in [5.74, 6) is -0.156. The van der Waals surface area contributed by atoms with Gasteiger partial charge in [-0.05, 0) is 25.2 Å². The zero-order valence-electron chi connectivity index (χ0n) is 16.2. The van der Waals surface area contributed by atoms with Gasteiger partial charge in [0.1, 0.15) is 6.10 Å². The molecule has 0 amide bonds. The van der Waals surface area contributed by atoms with E-state index in [0.717, 1.165) is 32.1 Å². The van der Waals surface area contributed by atoms with E-state index < -0.39 is 12.1 Å². The second-order valence-corrected chi connectivity index (χ2v) is 6.38. The van der Waals surface area contributed by atoms with Gasteiger partial charge in [-0.25, -0.2) is 0 Å². The average Bonchev–Trinajstić information content (AvgIpc) is 2.58. The highest BCUT2D eigenvalue weighted by atomic mass is 16.5. The second-order valence-electron chi connectivity index (χ2n) is 6.38. The molecule has 24 heavy (non-hydrogen) atoms. The van der Waals surface area contributed by atoms with Crippen molar-refractivity contribution in [3.05, 3.63) is 0 Å². The van der Waals surface area contributed by atoms with Gasteiger partial charge in [-0.15, -0.1) is 0 Å². The smallest absolute Gasteiger partial charge is 0.306 e. The highest BCUT2D eigenvalue weighted by Gasteiger charge is 2.12. The first-order valence-electron chi connectivity index (χ1n) is 9.55. The van der Waals surface area contributed by atoms with E-state index in [4.69, 9.17) is 20.1 Å². The fourth-order valence-corrected chi connectivity index (χ4v) is 2.27. The summed E-state index contributed by atoms with van der Waals surface area (Å²) in [5.41, 5.74) is 0. The Kier molecular flexibility index (Phi) is 19.9. The molecule has 0 spiro atoms. The van der Waals surface area contributed by atoms with Crippen LogP contribution in [0.25, 0.3) is 0 Å². The number of hydrogen-bond acceptors (Lipinski definition) is 4. The van der Waals surface area contributed by atoms with E-state index in [2.05, 4.69) is 20.8 Å². The van der Waals surface area contributed by atoms with Gasteiger partial charge in [0.05, 0.1) is 19.1 Å². The van der Waals surface area contributed by atoms with E-state index in [0.29, 0.717) is 12.5 Å². The molecule has 0 aliphatic rings. The highest BCUT2D eigenvalue weighted by Crippen LogP contribution is 2.13. The van der Waals surface area contributed by atoms with Crippen molar-refractivity contribution in [3.8, 4) is 0 Å². The molecule has 0 rings (SSSR count). The molecule has 0 aromatic rings. The summed E-state index contributed by atoms with van der Waals surface area (Å²) >= 11 is 0. The Morgan fingerprint density at radius 3 is 1.96 bits per heavy atom. The maximum Gasteiger partial charge on any atom is 0.306 e. The molecule has 3 unspecified atom stereocenters. The molecule has 3 atom stereocenters. The van der Waals surface area contributed by atoms with E-state index in [-0.39, 0.29) is 19.1 Å². The third-order valence-corrected chi connectivity index (χ3v) is 4.17. The van der Waals surface area contributed by atoms with Crippen LogP contribution >= 0.6 is 0 Å². The van der Waals surface area contributed by atoms with Gasteiger partial charge in [0.2, 0.25) is 0 Å². The summed E-state index contributed by atoms with van der Waals surface area (Å²) in [6, 6.07) is 0. The van der Waals surface area contributed by atoms with Crippen LogP contribution in [0.4, 0.5) is 0 Å². The molecule has 0 saturated carbocycles. The molecule has 0 aliphatic heterocycles. The molecule has 5 heteroatoms. The van der Waals surface area contributed by atoms with Crippen LogP contribution in [0.1, 0.15) is 79.1 Å². The number of rotatable bonds is 14. The van der Waals surface area contributed by atoms with E-state index in [1.807, 2.05) is 6.92 Å². The fourth-order valence-electron chi connectivity index (χ4n) is 2.27. The summed E-state index contributed by atoms with van der Waals surface area (Å²) in [4.78, 5) is 10.4. The lowest BCUT2D eigenvalue weighted by Crippen LogP contribution is -2.21. The Hall–Kier alpha value is -0.650. The minimum atomic E-state index is -0.723. The number of unbranched alkanes of at least 4 members (excludes halogenated alkanes) is 2. The predicted octanol–water partition coefficient (Wildman–Crippen LogP) is 3.86. The van der Waals surface area contributed by atoms with E-state index in [1.54, 1.807) is 0 Å². The van der Waals surface area contributed by atoms with Gasteiger partial charge in [0, 0.05) is 6.61 Å². The Morgan fingerprint density at radius 2 is 1.54 bits per heavy atom. The molecule has 5 nitrogen and oxygen atoms in total. The molecule has 0 fully saturated rings. The normalized spacial score (nSPS) is 14.4. The minimum Gasteiger partial charge on any atom is -0.481 e. The average molecular weight is 349 g/mol. The third kappa shape index (κ3) is 16.2. The number of carbonyl (C=O) groups is 1. The van der Waals surface area contributed by atoms with Crippen molar-refractivity contribution < 1.29 is 24.9 Å². The lowest BCUT2D eigenvalue weighted by molar-refractivity contribution is -0.142. The first-order valence-corrected chi connectivity index (χ1v) is 9.55. The van der Waals surface area contributed by atoms with Gasteiger partial charge in [-0.1, -0.05) is 59.8 Å². The molecule has 0 radical (unpaired) electrons. The molecule has 146 valence electrons. The van der Waals surface area contributed by atoms with Crippen LogP contribution in [-0.4, -0.2) is 47.2 Å². The van der Waals surface area contributed by atoms with Crippen LogP contribution in [0.15, 0.2) is 0 Å². The standard InChI is InChI=1S/C11H24O3.C8H16O2/c1-3-5-6-10(4-2)8-14-9-11(13)7-12;1-3-5-6-7(4-2)8(9)10/h10-13H,3-9H2,1-2H3;7H,3-6H2,1-2H3,(H,9,10). The molecule has 0 aromatic heterocycles. The van der Waals surface area contributed by atoms with Crippen LogP contribution < -0.4 is 0 Å². The Balaban J connectivity index is 0. The maximum absolute atomic E-state index is 10.4. The van der Waals surface area contributed by atoms with Gasteiger partial charge in [-0.3, -0.25) is 4.79 Å². The van der Waals surface area contributed by atoms with Gasteiger partial charge < -0.3 is 20.1 Å². The van der Waals surface area contributed by atoms with Gasteiger partial charge in [-0.2, -0.15) is 0 Å². The number of carboxylic acids is 1. The lowest BCUT2D eigenvalue weighted by atomic mass is 10.00. The molecular formula is C19H40O5.